The van der Waals surface area contributed by atoms with Crippen molar-refractivity contribution < 1.29 is 14.3 Å². The first kappa shape index (κ1) is 18.5. The number of rotatable bonds is 7. The highest BCUT2D eigenvalue weighted by molar-refractivity contribution is 9.10. The predicted octanol–water partition coefficient (Wildman–Crippen LogP) is 3.44. The van der Waals surface area contributed by atoms with Gasteiger partial charge in [0, 0.05) is 23.2 Å². The number of halogens is 1. The molecule has 1 heterocycles. The van der Waals surface area contributed by atoms with E-state index in [0.29, 0.717) is 24.5 Å². The molecule has 1 N–H and O–H groups in total. The van der Waals surface area contributed by atoms with Crippen LogP contribution in [0.5, 0.6) is 5.75 Å². The van der Waals surface area contributed by atoms with Crippen molar-refractivity contribution in [3.8, 4) is 11.8 Å². The Morgan fingerprint density at radius 2 is 2.42 bits per heavy atom. The van der Waals surface area contributed by atoms with Crippen molar-refractivity contribution in [3.05, 3.63) is 33.8 Å². The fraction of sp³-hybridized carbons (Fsp3) is 0.444. The van der Waals surface area contributed by atoms with E-state index in [0.717, 1.165) is 30.3 Å². The van der Waals surface area contributed by atoms with E-state index in [1.807, 2.05) is 31.2 Å². The van der Waals surface area contributed by atoms with Gasteiger partial charge in [0.1, 0.15) is 17.4 Å². The lowest BCUT2D eigenvalue weighted by atomic mass is 10.1. The van der Waals surface area contributed by atoms with Crippen LogP contribution in [0.15, 0.2) is 28.2 Å². The molecule has 5 nitrogen and oxygen atoms in total. The second-order valence-corrected chi connectivity index (χ2v) is 6.46. The largest absolute Gasteiger partial charge is 0.493 e. The molecular formula is C18H21BrN2O3. The van der Waals surface area contributed by atoms with Gasteiger partial charge in [0.2, 0.25) is 0 Å². The van der Waals surface area contributed by atoms with Crippen LogP contribution < -0.4 is 10.1 Å². The molecule has 128 valence electrons. The lowest BCUT2D eigenvalue weighted by molar-refractivity contribution is -0.117. The number of nitrogens with one attached hydrogen (secondary N) is 1. The zero-order valence-electron chi connectivity index (χ0n) is 13.7. The SMILES string of the molecule is CCCOc1ccc(Br)cc1/C=C(\C#N)C(=O)NC[C@H]1CCCO1. The van der Waals surface area contributed by atoms with Gasteiger partial charge in [-0.3, -0.25) is 4.79 Å². The van der Waals surface area contributed by atoms with Crippen molar-refractivity contribution in [2.45, 2.75) is 32.3 Å². The molecule has 0 aromatic heterocycles. The van der Waals surface area contributed by atoms with Crippen molar-refractivity contribution in [1.82, 2.24) is 5.32 Å². The Labute approximate surface area is 150 Å². The highest BCUT2D eigenvalue weighted by Gasteiger charge is 2.18. The third kappa shape index (κ3) is 5.36. The fourth-order valence-corrected chi connectivity index (χ4v) is 2.77. The van der Waals surface area contributed by atoms with Gasteiger partial charge in [0.25, 0.3) is 5.91 Å². The smallest absolute Gasteiger partial charge is 0.262 e. The molecule has 0 spiro atoms. The lowest BCUT2D eigenvalue weighted by Crippen LogP contribution is -2.32. The molecule has 2 rings (SSSR count). The topological polar surface area (TPSA) is 71.3 Å². The Morgan fingerprint density at radius 1 is 1.58 bits per heavy atom. The van der Waals surface area contributed by atoms with E-state index in [2.05, 4.69) is 21.2 Å². The molecule has 0 bridgehead atoms. The average molecular weight is 393 g/mol. The third-order valence-corrected chi connectivity index (χ3v) is 4.11. The van der Waals surface area contributed by atoms with Gasteiger partial charge >= 0.3 is 0 Å². The number of hydrogen-bond acceptors (Lipinski definition) is 4. The summed E-state index contributed by atoms with van der Waals surface area (Å²) in [4.78, 5) is 12.2. The van der Waals surface area contributed by atoms with Gasteiger partial charge in [0.05, 0.1) is 12.7 Å². The summed E-state index contributed by atoms with van der Waals surface area (Å²) in [6.45, 7) is 3.76. The molecule has 1 atom stereocenters. The number of ether oxygens (including phenoxy) is 2. The van der Waals surface area contributed by atoms with E-state index in [4.69, 9.17) is 9.47 Å². The standard InChI is InChI=1S/C18H21BrN2O3/c1-2-7-24-17-6-5-15(19)10-13(17)9-14(11-20)18(22)21-12-16-4-3-8-23-16/h5-6,9-10,16H,2-4,7-8,12H2,1H3,(H,21,22)/b14-9+/t16-/m1/s1. The first-order chi connectivity index (χ1) is 11.6. The summed E-state index contributed by atoms with van der Waals surface area (Å²) in [5, 5.41) is 12.1. The van der Waals surface area contributed by atoms with E-state index >= 15 is 0 Å². The van der Waals surface area contributed by atoms with Crippen LogP contribution in [0, 0.1) is 11.3 Å². The molecule has 1 amide bonds. The van der Waals surface area contributed by atoms with Crippen molar-refractivity contribution in [1.29, 1.82) is 5.26 Å². The van der Waals surface area contributed by atoms with Crippen LogP contribution in [0.4, 0.5) is 0 Å². The number of benzene rings is 1. The van der Waals surface area contributed by atoms with Gasteiger partial charge < -0.3 is 14.8 Å². The van der Waals surface area contributed by atoms with Gasteiger partial charge in [-0.25, -0.2) is 0 Å². The van der Waals surface area contributed by atoms with Gasteiger partial charge in [-0.05, 0) is 43.5 Å². The molecule has 0 aliphatic carbocycles. The molecule has 1 aliphatic heterocycles. The Kier molecular flexibility index (Phi) is 7.29. The summed E-state index contributed by atoms with van der Waals surface area (Å²) in [5.74, 6) is 0.258. The van der Waals surface area contributed by atoms with Gasteiger partial charge in [-0.1, -0.05) is 22.9 Å². The summed E-state index contributed by atoms with van der Waals surface area (Å²) in [7, 11) is 0. The van der Waals surface area contributed by atoms with E-state index in [9.17, 15) is 10.1 Å². The second kappa shape index (κ2) is 9.45. The quantitative estimate of drug-likeness (QED) is 0.569. The molecule has 1 fully saturated rings. The minimum absolute atomic E-state index is 0.0446. The van der Waals surface area contributed by atoms with Gasteiger partial charge in [-0.2, -0.15) is 5.26 Å². The minimum Gasteiger partial charge on any atom is -0.493 e. The van der Waals surface area contributed by atoms with Crippen molar-refractivity contribution in [2.24, 2.45) is 0 Å². The van der Waals surface area contributed by atoms with Crippen molar-refractivity contribution in [3.63, 3.8) is 0 Å². The molecular weight excluding hydrogens is 372 g/mol. The normalized spacial score (nSPS) is 17.4. The third-order valence-electron chi connectivity index (χ3n) is 3.61. The van der Waals surface area contributed by atoms with E-state index in [1.165, 1.54) is 0 Å². The average Bonchev–Trinajstić information content (AvgIpc) is 3.10. The molecule has 0 unspecified atom stereocenters. The molecule has 0 saturated carbocycles. The summed E-state index contributed by atoms with van der Waals surface area (Å²) < 4.78 is 12.0. The maximum absolute atomic E-state index is 12.2. The number of amides is 1. The van der Waals surface area contributed by atoms with Crippen molar-refractivity contribution >= 4 is 27.9 Å². The Morgan fingerprint density at radius 3 is 3.08 bits per heavy atom. The molecule has 24 heavy (non-hydrogen) atoms. The Bertz CT molecular complexity index is 646. The summed E-state index contributed by atoms with van der Waals surface area (Å²) in [5.41, 5.74) is 0.745. The molecule has 1 saturated heterocycles. The van der Waals surface area contributed by atoms with Gasteiger partial charge in [0.15, 0.2) is 0 Å². The molecule has 1 aromatic carbocycles. The molecule has 6 heteroatoms. The maximum Gasteiger partial charge on any atom is 0.262 e. The fourth-order valence-electron chi connectivity index (χ4n) is 2.39. The first-order valence-electron chi connectivity index (χ1n) is 8.08. The Balaban J connectivity index is 2.11. The van der Waals surface area contributed by atoms with Crippen LogP contribution in [-0.2, 0) is 9.53 Å². The molecule has 1 aromatic rings. The van der Waals surface area contributed by atoms with Crippen LogP contribution in [0.3, 0.4) is 0 Å². The summed E-state index contributed by atoms with van der Waals surface area (Å²) in [6.07, 6.45) is 4.43. The monoisotopic (exact) mass is 392 g/mol. The predicted molar refractivity (Wildman–Crippen MR) is 95.5 cm³/mol. The van der Waals surface area contributed by atoms with E-state index in [-0.39, 0.29) is 11.7 Å². The van der Waals surface area contributed by atoms with E-state index < -0.39 is 5.91 Å². The van der Waals surface area contributed by atoms with Crippen LogP contribution in [0.2, 0.25) is 0 Å². The number of nitrogens with zero attached hydrogens (tertiary/aromatic N) is 1. The molecule has 0 radical (unpaired) electrons. The first-order valence-corrected chi connectivity index (χ1v) is 8.87. The van der Waals surface area contributed by atoms with E-state index in [1.54, 1.807) is 6.08 Å². The van der Waals surface area contributed by atoms with Crippen LogP contribution >= 0.6 is 15.9 Å². The summed E-state index contributed by atoms with van der Waals surface area (Å²) in [6, 6.07) is 7.49. The zero-order chi connectivity index (χ0) is 17.4. The summed E-state index contributed by atoms with van der Waals surface area (Å²) >= 11 is 3.40. The zero-order valence-corrected chi connectivity index (χ0v) is 15.3. The maximum atomic E-state index is 12.2. The Hall–Kier alpha value is -1.84. The van der Waals surface area contributed by atoms with Gasteiger partial charge in [-0.15, -0.1) is 0 Å². The van der Waals surface area contributed by atoms with Crippen LogP contribution in [0.25, 0.3) is 6.08 Å². The lowest BCUT2D eigenvalue weighted by Gasteiger charge is -2.11. The van der Waals surface area contributed by atoms with Crippen LogP contribution in [0.1, 0.15) is 31.7 Å². The van der Waals surface area contributed by atoms with Crippen molar-refractivity contribution in [2.75, 3.05) is 19.8 Å². The highest BCUT2D eigenvalue weighted by atomic mass is 79.9. The number of nitriles is 1. The number of carbonyl (C=O) groups is 1. The number of hydrogen-bond donors (Lipinski definition) is 1. The minimum atomic E-state index is -0.394. The molecule has 1 aliphatic rings. The second-order valence-electron chi connectivity index (χ2n) is 5.55. The number of carbonyl (C=O) groups excluding carboxylic acids is 1. The highest BCUT2D eigenvalue weighted by Crippen LogP contribution is 2.26. The van der Waals surface area contributed by atoms with Crippen LogP contribution in [-0.4, -0.2) is 31.8 Å².